The number of hydrogen-bond donors (Lipinski definition) is 0. The summed E-state index contributed by atoms with van der Waals surface area (Å²) >= 11 is 7.48. The van der Waals surface area contributed by atoms with E-state index in [4.69, 9.17) is 11.6 Å². The van der Waals surface area contributed by atoms with E-state index >= 15 is 0 Å². The van der Waals surface area contributed by atoms with Crippen LogP contribution in [0.4, 0.5) is 10.2 Å². The highest BCUT2D eigenvalue weighted by atomic mass is 35.5. The largest absolute Gasteiger partial charge is 0.352 e. The number of pyridine rings is 1. The van der Waals surface area contributed by atoms with Gasteiger partial charge in [0.15, 0.2) is 11.6 Å². The van der Waals surface area contributed by atoms with Gasteiger partial charge in [0.2, 0.25) is 5.91 Å². The minimum Gasteiger partial charge on any atom is -0.352 e. The van der Waals surface area contributed by atoms with Crippen LogP contribution in [0.1, 0.15) is 10.4 Å². The van der Waals surface area contributed by atoms with Crippen LogP contribution in [0.25, 0.3) is 0 Å². The van der Waals surface area contributed by atoms with Crippen LogP contribution in [0.15, 0.2) is 23.7 Å². The third kappa shape index (κ3) is 2.70. The van der Waals surface area contributed by atoms with Crippen molar-refractivity contribution in [3.05, 3.63) is 45.0 Å². The van der Waals surface area contributed by atoms with Crippen molar-refractivity contribution < 1.29 is 9.18 Å². The van der Waals surface area contributed by atoms with Gasteiger partial charge >= 0.3 is 0 Å². The van der Waals surface area contributed by atoms with Crippen molar-refractivity contribution >= 4 is 34.7 Å². The number of nitrogens with zero attached hydrogens (tertiary/aromatic N) is 3. The molecule has 4 heterocycles. The van der Waals surface area contributed by atoms with Crippen molar-refractivity contribution in [2.45, 2.75) is 13.0 Å². The lowest BCUT2D eigenvalue weighted by atomic mass is 9.97. The summed E-state index contributed by atoms with van der Waals surface area (Å²) in [5, 5.41) is 2.36. The number of fused-ring (bicyclic) bond motifs is 1. The summed E-state index contributed by atoms with van der Waals surface area (Å²) < 4.78 is 13.9. The van der Waals surface area contributed by atoms with E-state index < -0.39 is 5.82 Å². The zero-order valence-electron chi connectivity index (χ0n) is 12.3. The maximum atomic E-state index is 13.9. The number of anilines is 1. The number of carbonyl (C=O) groups is 1. The van der Waals surface area contributed by atoms with Crippen LogP contribution in [0.5, 0.6) is 0 Å². The fraction of sp³-hybridized carbons (Fsp3) is 0.375. The minimum absolute atomic E-state index is 0.0768. The molecule has 0 saturated carbocycles. The van der Waals surface area contributed by atoms with Gasteiger partial charge in [0.25, 0.3) is 0 Å². The highest BCUT2D eigenvalue weighted by molar-refractivity contribution is 7.10. The Bertz CT molecular complexity index is 760. The van der Waals surface area contributed by atoms with Crippen LogP contribution in [-0.4, -0.2) is 35.4 Å². The molecule has 0 aromatic carbocycles. The van der Waals surface area contributed by atoms with Crippen LogP contribution < -0.4 is 4.90 Å². The number of thiophene rings is 1. The minimum atomic E-state index is -0.440. The Balaban J connectivity index is 1.39. The third-order valence-corrected chi connectivity index (χ3v) is 5.67. The molecule has 120 valence electrons. The second-order valence-corrected chi connectivity index (χ2v) is 7.38. The lowest BCUT2D eigenvalue weighted by Gasteiger charge is -2.42. The van der Waals surface area contributed by atoms with Gasteiger partial charge in [-0.15, -0.1) is 11.3 Å². The maximum Gasteiger partial charge on any atom is 0.229 e. The third-order valence-electron chi connectivity index (χ3n) is 4.44. The Labute approximate surface area is 142 Å². The molecule has 7 heteroatoms. The smallest absolute Gasteiger partial charge is 0.229 e. The Kier molecular flexibility index (Phi) is 3.73. The van der Waals surface area contributed by atoms with Gasteiger partial charge in [-0.25, -0.2) is 9.37 Å². The first-order chi connectivity index (χ1) is 11.1. The number of aromatic nitrogens is 1. The first-order valence-electron chi connectivity index (χ1n) is 7.52. The van der Waals surface area contributed by atoms with Crippen molar-refractivity contribution in [1.82, 2.24) is 9.88 Å². The molecule has 0 unspecified atom stereocenters. The zero-order valence-corrected chi connectivity index (χ0v) is 13.9. The summed E-state index contributed by atoms with van der Waals surface area (Å²) in [6.45, 7) is 2.49. The van der Waals surface area contributed by atoms with Crippen LogP contribution in [0.2, 0.25) is 5.02 Å². The monoisotopic (exact) mass is 351 g/mol. The average Bonchev–Trinajstić information content (AvgIpc) is 2.95. The van der Waals surface area contributed by atoms with Crippen molar-refractivity contribution in [1.29, 1.82) is 0 Å². The van der Waals surface area contributed by atoms with E-state index in [1.807, 2.05) is 4.90 Å². The first-order valence-corrected chi connectivity index (χ1v) is 8.77. The Morgan fingerprint density at radius 1 is 1.43 bits per heavy atom. The Morgan fingerprint density at radius 2 is 2.26 bits per heavy atom. The quantitative estimate of drug-likeness (QED) is 0.834. The molecule has 4 rings (SSSR count). The number of carbonyl (C=O) groups excluding carboxylic acids is 1. The van der Waals surface area contributed by atoms with Gasteiger partial charge in [-0.2, -0.15) is 0 Å². The highest BCUT2D eigenvalue weighted by Gasteiger charge is 2.38. The predicted molar refractivity (Wildman–Crippen MR) is 88.3 cm³/mol. The van der Waals surface area contributed by atoms with Crippen molar-refractivity contribution in [3.8, 4) is 0 Å². The number of hydrogen-bond acceptors (Lipinski definition) is 4. The summed E-state index contributed by atoms with van der Waals surface area (Å²) in [4.78, 5) is 21.7. The summed E-state index contributed by atoms with van der Waals surface area (Å²) in [6.07, 6.45) is 2.36. The van der Waals surface area contributed by atoms with Gasteiger partial charge in [-0.05, 0) is 29.5 Å². The number of rotatable bonds is 2. The molecule has 0 N–H and O–H groups in total. The molecular weight excluding hydrogens is 337 g/mol. The van der Waals surface area contributed by atoms with Crippen LogP contribution in [0.3, 0.4) is 0 Å². The lowest BCUT2D eigenvalue weighted by Crippen LogP contribution is -2.55. The molecule has 23 heavy (non-hydrogen) atoms. The van der Waals surface area contributed by atoms with Crippen LogP contribution >= 0.6 is 22.9 Å². The van der Waals surface area contributed by atoms with E-state index in [1.54, 1.807) is 16.2 Å². The number of halogens is 2. The molecule has 0 atom stereocenters. The van der Waals surface area contributed by atoms with Gasteiger partial charge < -0.3 is 9.80 Å². The fourth-order valence-electron chi connectivity index (χ4n) is 3.14. The summed E-state index contributed by atoms with van der Waals surface area (Å²) in [7, 11) is 0. The molecule has 0 aliphatic carbocycles. The molecule has 2 aliphatic heterocycles. The van der Waals surface area contributed by atoms with E-state index in [9.17, 15) is 9.18 Å². The number of amides is 1. The van der Waals surface area contributed by atoms with Gasteiger partial charge in [0, 0.05) is 37.3 Å². The van der Waals surface area contributed by atoms with Crippen molar-refractivity contribution in [2.75, 3.05) is 24.5 Å². The van der Waals surface area contributed by atoms with Gasteiger partial charge in [0.1, 0.15) is 0 Å². The fourth-order valence-corrected chi connectivity index (χ4v) is 4.18. The molecule has 2 aromatic heterocycles. The molecule has 1 amide bonds. The molecule has 1 saturated heterocycles. The molecule has 0 radical (unpaired) electrons. The first kappa shape index (κ1) is 14.9. The van der Waals surface area contributed by atoms with E-state index in [1.165, 1.54) is 22.7 Å². The van der Waals surface area contributed by atoms with Crippen LogP contribution in [-0.2, 0) is 17.8 Å². The average molecular weight is 352 g/mol. The highest BCUT2D eigenvalue weighted by Crippen LogP contribution is 2.30. The van der Waals surface area contributed by atoms with E-state index in [2.05, 4.69) is 16.4 Å². The standard InChI is InChI=1S/C16H15ClFN3OS/c17-12-5-13(18)15(19-6-12)21-8-11(9-21)16(22)20-3-1-14-10(7-20)2-4-23-14/h2,4-6,11H,1,3,7-9H2. The van der Waals surface area contributed by atoms with Crippen molar-refractivity contribution in [3.63, 3.8) is 0 Å². The Morgan fingerprint density at radius 3 is 3.04 bits per heavy atom. The van der Waals surface area contributed by atoms with Gasteiger partial charge in [0.05, 0.1) is 10.9 Å². The van der Waals surface area contributed by atoms with Crippen molar-refractivity contribution in [2.24, 2.45) is 5.92 Å². The normalized spacial score (nSPS) is 17.8. The maximum absolute atomic E-state index is 13.9. The molecule has 0 spiro atoms. The van der Waals surface area contributed by atoms with E-state index in [0.29, 0.717) is 19.6 Å². The second kappa shape index (κ2) is 5.76. The predicted octanol–water partition coefficient (Wildman–Crippen LogP) is 2.96. The zero-order chi connectivity index (χ0) is 16.0. The van der Waals surface area contributed by atoms with E-state index in [-0.39, 0.29) is 22.7 Å². The molecule has 0 bridgehead atoms. The van der Waals surface area contributed by atoms with E-state index in [0.717, 1.165) is 13.0 Å². The summed E-state index contributed by atoms with van der Waals surface area (Å²) in [5.74, 6) is -0.0824. The molecular formula is C16H15ClFN3OS. The topological polar surface area (TPSA) is 36.4 Å². The lowest BCUT2D eigenvalue weighted by molar-refractivity contribution is -0.137. The molecule has 2 aliphatic rings. The molecule has 4 nitrogen and oxygen atoms in total. The summed E-state index contributed by atoms with van der Waals surface area (Å²) in [5.41, 5.74) is 1.26. The summed E-state index contributed by atoms with van der Waals surface area (Å²) in [6, 6.07) is 3.35. The molecule has 1 fully saturated rings. The van der Waals surface area contributed by atoms with Gasteiger partial charge in [-0.1, -0.05) is 11.6 Å². The molecule has 2 aromatic rings. The Hall–Kier alpha value is -1.66. The van der Waals surface area contributed by atoms with Crippen LogP contribution in [0, 0.1) is 11.7 Å². The van der Waals surface area contributed by atoms with Gasteiger partial charge in [-0.3, -0.25) is 4.79 Å². The second-order valence-electron chi connectivity index (χ2n) is 5.94. The SMILES string of the molecule is O=C(C1CN(c2ncc(Cl)cc2F)C1)N1CCc2sccc2C1.